The number of nitrogens with zero attached hydrogens (tertiary/aromatic N) is 1. The zero-order valence-electron chi connectivity index (χ0n) is 9.12. The molecule has 6 heteroatoms. The highest BCUT2D eigenvalue weighted by Crippen LogP contribution is 2.11. The largest absolute Gasteiger partial charge is 0.378 e. The van der Waals surface area contributed by atoms with Crippen LogP contribution in [0.2, 0.25) is 5.15 Å². The summed E-state index contributed by atoms with van der Waals surface area (Å²) in [7, 11) is 3.05. The van der Waals surface area contributed by atoms with Crippen LogP contribution in [0.5, 0.6) is 0 Å². The van der Waals surface area contributed by atoms with Crippen LogP contribution >= 0.6 is 11.6 Å². The van der Waals surface area contributed by atoms with Gasteiger partial charge in [0.05, 0.1) is 12.3 Å². The van der Waals surface area contributed by atoms with Crippen LogP contribution in [0, 0.1) is 0 Å². The number of hydrogen-bond acceptors (Lipinski definition) is 4. The first-order valence-corrected chi connectivity index (χ1v) is 4.97. The maximum Gasteiger partial charge on any atom is 0.253 e. The van der Waals surface area contributed by atoms with Gasteiger partial charge in [0.25, 0.3) is 5.91 Å². The first kappa shape index (κ1) is 12.9. The minimum absolute atomic E-state index is 0.151. The number of carbonyl (C=O) groups excluding carboxylic acids is 1. The van der Waals surface area contributed by atoms with Crippen LogP contribution in [0.25, 0.3) is 0 Å². The number of carbonyl (C=O) groups is 1. The molecule has 1 rings (SSSR count). The summed E-state index contributed by atoms with van der Waals surface area (Å²) in [5.74, 6) is -0.261. The fourth-order valence-electron chi connectivity index (χ4n) is 1.14. The van der Waals surface area contributed by atoms with Gasteiger partial charge in [0.2, 0.25) is 0 Å². The highest BCUT2D eigenvalue weighted by molar-refractivity contribution is 6.29. The van der Waals surface area contributed by atoms with E-state index in [0.29, 0.717) is 17.9 Å². The molecule has 0 aromatic carbocycles. The Morgan fingerprint density at radius 1 is 1.44 bits per heavy atom. The van der Waals surface area contributed by atoms with Crippen LogP contribution in [0.15, 0.2) is 12.1 Å². The van der Waals surface area contributed by atoms with Crippen molar-refractivity contribution in [2.45, 2.75) is 6.61 Å². The van der Waals surface area contributed by atoms with Gasteiger partial charge in [-0.2, -0.15) is 0 Å². The van der Waals surface area contributed by atoms with Crippen LogP contribution < -0.4 is 5.32 Å². The molecule has 5 nitrogen and oxygen atoms in total. The van der Waals surface area contributed by atoms with Crippen molar-refractivity contribution in [1.29, 1.82) is 0 Å². The fraction of sp³-hybridized carbons (Fsp3) is 0.400. The minimum Gasteiger partial charge on any atom is -0.378 e. The van der Waals surface area contributed by atoms with E-state index in [-0.39, 0.29) is 17.8 Å². The number of hydrogen-bond donors (Lipinski definition) is 1. The molecule has 1 aromatic heterocycles. The van der Waals surface area contributed by atoms with Gasteiger partial charge < -0.3 is 14.8 Å². The van der Waals surface area contributed by atoms with Gasteiger partial charge in [0.1, 0.15) is 11.9 Å². The van der Waals surface area contributed by atoms with E-state index in [0.717, 1.165) is 0 Å². The number of nitrogens with one attached hydrogen (secondary N) is 1. The van der Waals surface area contributed by atoms with Gasteiger partial charge >= 0.3 is 0 Å². The van der Waals surface area contributed by atoms with E-state index in [2.05, 4.69) is 10.3 Å². The molecule has 0 spiro atoms. The van der Waals surface area contributed by atoms with Crippen LogP contribution in [-0.2, 0) is 16.1 Å². The summed E-state index contributed by atoms with van der Waals surface area (Å²) in [6, 6.07) is 3.12. The molecule has 0 unspecified atom stereocenters. The zero-order chi connectivity index (χ0) is 12.0. The van der Waals surface area contributed by atoms with Crippen LogP contribution in [0.3, 0.4) is 0 Å². The lowest BCUT2D eigenvalue weighted by Gasteiger charge is -2.06. The van der Waals surface area contributed by atoms with E-state index in [1.165, 1.54) is 13.2 Å². The molecule has 1 aromatic rings. The fourth-order valence-corrected chi connectivity index (χ4v) is 1.37. The highest BCUT2D eigenvalue weighted by Gasteiger charge is 2.08. The maximum absolute atomic E-state index is 11.6. The molecule has 0 bridgehead atoms. The molecule has 1 N–H and O–H groups in total. The third-order valence-corrected chi connectivity index (χ3v) is 1.97. The zero-order valence-corrected chi connectivity index (χ0v) is 9.87. The molecule has 0 saturated heterocycles. The summed E-state index contributed by atoms with van der Waals surface area (Å²) in [5, 5.41) is 2.82. The summed E-state index contributed by atoms with van der Waals surface area (Å²) in [6.07, 6.45) is 0. The summed E-state index contributed by atoms with van der Waals surface area (Å²) in [6.45, 7) is 0.462. The van der Waals surface area contributed by atoms with Gasteiger partial charge in [-0.05, 0) is 12.1 Å². The van der Waals surface area contributed by atoms with Crippen LogP contribution in [-0.4, -0.2) is 31.8 Å². The molecule has 0 aliphatic rings. The Bertz CT molecular complexity index is 371. The molecule has 0 aliphatic carbocycles. The van der Waals surface area contributed by atoms with Gasteiger partial charge in [-0.25, -0.2) is 4.98 Å². The lowest BCUT2D eigenvalue weighted by Crippen LogP contribution is -2.25. The van der Waals surface area contributed by atoms with Gasteiger partial charge in [0.15, 0.2) is 0 Å². The van der Waals surface area contributed by atoms with E-state index in [1.54, 1.807) is 13.2 Å². The van der Waals surface area contributed by atoms with E-state index in [9.17, 15) is 4.79 Å². The number of ether oxygens (including phenoxy) is 2. The number of amides is 1. The first-order chi connectivity index (χ1) is 7.67. The average molecular weight is 245 g/mol. The predicted molar refractivity (Wildman–Crippen MR) is 59.3 cm³/mol. The Hall–Kier alpha value is -1.17. The van der Waals surface area contributed by atoms with Gasteiger partial charge in [-0.3, -0.25) is 4.79 Å². The summed E-state index contributed by atoms with van der Waals surface area (Å²) < 4.78 is 9.66. The Balaban J connectivity index is 2.82. The first-order valence-electron chi connectivity index (χ1n) is 4.60. The smallest absolute Gasteiger partial charge is 0.253 e. The van der Waals surface area contributed by atoms with E-state index in [1.807, 2.05) is 0 Å². The summed E-state index contributed by atoms with van der Waals surface area (Å²) in [4.78, 5) is 15.6. The number of methoxy groups -OCH3 is 2. The van der Waals surface area contributed by atoms with Crippen LogP contribution in [0.1, 0.15) is 16.1 Å². The monoisotopic (exact) mass is 244 g/mol. The van der Waals surface area contributed by atoms with Crippen molar-refractivity contribution in [2.75, 3.05) is 21.0 Å². The van der Waals surface area contributed by atoms with Gasteiger partial charge in [-0.15, -0.1) is 0 Å². The molecule has 1 heterocycles. The van der Waals surface area contributed by atoms with Crippen molar-refractivity contribution in [1.82, 2.24) is 10.3 Å². The molecule has 1 amide bonds. The second-order valence-electron chi connectivity index (χ2n) is 3.04. The predicted octanol–water partition coefficient (Wildman–Crippen LogP) is 1.22. The van der Waals surface area contributed by atoms with Crippen molar-refractivity contribution in [3.05, 3.63) is 28.5 Å². The van der Waals surface area contributed by atoms with Gasteiger partial charge in [-0.1, -0.05) is 11.6 Å². The topological polar surface area (TPSA) is 60.5 Å². The molecule has 0 saturated carbocycles. The van der Waals surface area contributed by atoms with Crippen molar-refractivity contribution in [2.24, 2.45) is 0 Å². The Kier molecular flexibility index (Phi) is 5.18. The molecule has 0 atom stereocenters. The Morgan fingerprint density at radius 3 is 2.81 bits per heavy atom. The molecule has 16 heavy (non-hydrogen) atoms. The molecular weight excluding hydrogens is 232 g/mol. The third kappa shape index (κ3) is 3.77. The molecule has 0 radical (unpaired) electrons. The van der Waals surface area contributed by atoms with Gasteiger partial charge in [0, 0.05) is 19.8 Å². The van der Waals surface area contributed by atoms with Crippen LogP contribution in [0.4, 0.5) is 0 Å². The van der Waals surface area contributed by atoms with Crippen molar-refractivity contribution in [3.8, 4) is 0 Å². The highest BCUT2D eigenvalue weighted by atomic mass is 35.5. The molecule has 88 valence electrons. The number of aromatic nitrogens is 1. The SMILES string of the molecule is COCNC(=O)c1cc(Cl)nc(COC)c1. The maximum atomic E-state index is 11.6. The standard InChI is InChI=1S/C10H13ClN2O3/c1-15-5-8-3-7(4-9(11)13-8)10(14)12-6-16-2/h3-4H,5-6H2,1-2H3,(H,12,14). The Morgan fingerprint density at radius 2 is 2.19 bits per heavy atom. The second kappa shape index (κ2) is 6.42. The van der Waals surface area contributed by atoms with Crippen molar-refractivity contribution < 1.29 is 14.3 Å². The third-order valence-electron chi connectivity index (χ3n) is 1.78. The molecule has 0 aliphatic heterocycles. The number of halogens is 1. The van der Waals surface area contributed by atoms with E-state index < -0.39 is 0 Å². The minimum atomic E-state index is -0.261. The molecule has 0 fully saturated rings. The lowest BCUT2D eigenvalue weighted by molar-refractivity contribution is 0.0871. The van der Waals surface area contributed by atoms with E-state index in [4.69, 9.17) is 21.1 Å². The summed E-state index contributed by atoms with van der Waals surface area (Å²) in [5.41, 5.74) is 1.04. The quantitative estimate of drug-likeness (QED) is 0.625. The summed E-state index contributed by atoms with van der Waals surface area (Å²) >= 11 is 5.79. The van der Waals surface area contributed by atoms with E-state index >= 15 is 0 Å². The number of rotatable bonds is 5. The molecular formula is C10H13ClN2O3. The average Bonchev–Trinajstić information content (AvgIpc) is 2.25. The van der Waals surface area contributed by atoms with Crippen molar-refractivity contribution >= 4 is 17.5 Å². The number of pyridine rings is 1. The second-order valence-corrected chi connectivity index (χ2v) is 3.43. The lowest BCUT2D eigenvalue weighted by atomic mass is 10.2. The Labute approximate surface area is 98.7 Å². The van der Waals surface area contributed by atoms with Crippen molar-refractivity contribution in [3.63, 3.8) is 0 Å². The normalized spacial score (nSPS) is 10.2.